The molecular weight excluding hydrogens is 330 g/mol. The van der Waals surface area contributed by atoms with Crippen molar-refractivity contribution in [1.29, 1.82) is 0 Å². The first-order valence-corrected chi connectivity index (χ1v) is 9.60. The summed E-state index contributed by atoms with van der Waals surface area (Å²) < 4.78 is 2.19. The van der Waals surface area contributed by atoms with E-state index in [9.17, 15) is 9.59 Å². The zero-order valence-electron chi connectivity index (χ0n) is 16.2. The average molecular weight is 359 g/mol. The van der Waals surface area contributed by atoms with Crippen LogP contribution < -0.4 is 5.43 Å². The second-order valence-corrected chi connectivity index (χ2v) is 7.86. The fourth-order valence-corrected chi connectivity index (χ4v) is 3.56. The summed E-state index contributed by atoms with van der Waals surface area (Å²) in [5.41, 5.74) is 5.29. The van der Waals surface area contributed by atoms with E-state index in [0.29, 0.717) is 49.5 Å². The maximum absolute atomic E-state index is 12.6. The molecule has 2 aliphatic heterocycles. The molecule has 3 rings (SSSR count). The van der Waals surface area contributed by atoms with E-state index < -0.39 is 0 Å². The summed E-state index contributed by atoms with van der Waals surface area (Å²) in [5.74, 6) is 0.668. The van der Waals surface area contributed by atoms with Crippen molar-refractivity contribution >= 4 is 17.5 Å². The zero-order chi connectivity index (χ0) is 18.8. The molecule has 0 bridgehead atoms. The van der Waals surface area contributed by atoms with E-state index in [0.717, 1.165) is 18.5 Å². The molecule has 0 atom stereocenters. The molecule has 1 saturated heterocycles. The molecule has 0 saturated carbocycles. The lowest BCUT2D eigenvalue weighted by atomic mass is 10.0. The maximum atomic E-state index is 12.6. The van der Waals surface area contributed by atoms with Gasteiger partial charge in [0.15, 0.2) is 0 Å². The number of hydrazone groups is 1. The number of carbonyl (C=O) groups is 2. The Bertz CT molecular complexity index is 712. The van der Waals surface area contributed by atoms with E-state index in [1.54, 1.807) is 0 Å². The summed E-state index contributed by atoms with van der Waals surface area (Å²) in [7, 11) is 0. The van der Waals surface area contributed by atoms with Crippen LogP contribution in [0.4, 0.5) is 0 Å². The van der Waals surface area contributed by atoms with Crippen molar-refractivity contribution in [2.45, 2.75) is 71.3 Å². The molecule has 3 heterocycles. The molecule has 2 aliphatic rings. The number of carbonyl (C=O) groups excluding carboxylic acids is 2. The van der Waals surface area contributed by atoms with Gasteiger partial charge < -0.3 is 4.90 Å². The lowest BCUT2D eigenvalue weighted by Crippen LogP contribution is -2.44. The van der Waals surface area contributed by atoms with Gasteiger partial charge in [-0.2, -0.15) is 10.2 Å². The fraction of sp³-hybridized carbons (Fsp3) is 0.684. The number of hydrogen-bond acceptors (Lipinski definition) is 4. The Labute approximate surface area is 154 Å². The van der Waals surface area contributed by atoms with Crippen molar-refractivity contribution in [3.63, 3.8) is 0 Å². The highest BCUT2D eigenvalue weighted by atomic mass is 16.2. The Morgan fingerprint density at radius 2 is 1.85 bits per heavy atom. The Kier molecular flexibility index (Phi) is 5.44. The molecule has 0 aliphatic carbocycles. The molecule has 1 aromatic rings. The normalized spacial score (nSPS) is 19.1. The molecule has 1 N–H and O–H groups in total. The van der Waals surface area contributed by atoms with Gasteiger partial charge in [0.1, 0.15) is 5.71 Å². The van der Waals surface area contributed by atoms with E-state index >= 15 is 0 Å². The number of rotatable bonds is 4. The smallest absolute Gasteiger partial charge is 0.270 e. The summed E-state index contributed by atoms with van der Waals surface area (Å²) >= 11 is 0. The number of piperidine rings is 1. The summed E-state index contributed by atoms with van der Waals surface area (Å²) in [6.07, 6.45) is 2.55. The molecule has 0 aromatic carbocycles. The van der Waals surface area contributed by atoms with Gasteiger partial charge >= 0.3 is 0 Å². The number of amides is 2. The van der Waals surface area contributed by atoms with Gasteiger partial charge in [0.25, 0.3) is 5.91 Å². The first kappa shape index (κ1) is 18.6. The van der Waals surface area contributed by atoms with Crippen LogP contribution in [-0.4, -0.2) is 45.3 Å². The first-order chi connectivity index (χ1) is 12.4. The Morgan fingerprint density at radius 3 is 2.38 bits per heavy atom. The second-order valence-electron chi connectivity index (χ2n) is 7.86. The Balaban J connectivity index is 1.67. The Hall–Kier alpha value is -2.18. The predicted molar refractivity (Wildman–Crippen MR) is 100 cm³/mol. The van der Waals surface area contributed by atoms with Gasteiger partial charge in [-0.15, -0.1) is 0 Å². The largest absolute Gasteiger partial charge is 0.337 e. The Morgan fingerprint density at radius 1 is 1.15 bits per heavy atom. The van der Waals surface area contributed by atoms with Crippen LogP contribution in [0.2, 0.25) is 0 Å². The van der Waals surface area contributed by atoms with Crippen LogP contribution in [0, 0.1) is 0 Å². The third-order valence-electron chi connectivity index (χ3n) is 5.22. The van der Waals surface area contributed by atoms with Crippen molar-refractivity contribution in [2.24, 2.45) is 5.10 Å². The van der Waals surface area contributed by atoms with E-state index in [2.05, 4.69) is 49.0 Å². The first-order valence-electron chi connectivity index (χ1n) is 9.60. The topological polar surface area (TPSA) is 79.6 Å². The van der Waals surface area contributed by atoms with Gasteiger partial charge in [-0.3, -0.25) is 14.3 Å². The van der Waals surface area contributed by atoms with Crippen LogP contribution in [0.1, 0.15) is 82.6 Å². The van der Waals surface area contributed by atoms with Crippen LogP contribution in [0.25, 0.3) is 0 Å². The molecule has 0 unspecified atom stereocenters. The fourth-order valence-electron chi connectivity index (χ4n) is 3.56. The monoisotopic (exact) mass is 359 g/mol. The van der Waals surface area contributed by atoms with Crippen molar-refractivity contribution in [2.75, 3.05) is 13.1 Å². The molecule has 1 aromatic heterocycles. The molecule has 7 heteroatoms. The van der Waals surface area contributed by atoms with E-state index in [1.165, 1.54) is 5.69 Å². The summed E-state index contributed by atoms with van der Waals surface area (Å²) in [6.45, 7) is 10.1. The lowest BCUT2D eigenvalue weighted by molar-refractivity contribution is -0.125. The molecule has 0 spiro atoms. The van der Waals surface area contributed by atoms with Gasteiger partial charge in [-0.05, 0) is 30.7 Å². The molecule has 0 radical (unpaired) electrons. The minimum Gasteiger partial charge on any atom is -0.337 e. The summed E-state index contributed by atoms with van der Waals surface area (Å²) in [5, 5.41) is 8.80. The third-order valence-corrected chi connectivity index (χ3v) is 5.22. The summed E-state index contributed by atoms with van der Waals surface area (Å²) in [6, 6.07) is 2.56. The van der Waals surface area contributed by atoms with Crippen LogP contribution in [-0.2, 0) is 9.59 Å². The van der Waals surface area contributed by atoms with Crippen molar-refractivity contribution in [1.82, 2.24) is 20.1 Å². The van der Waals surface area contributed by atoms with Gasteiger partial charge in [0.2, 0.25) is 5.91 Å². The quantitative estimate of drug-likeness (QED) is 0.897. The van der Waals surface area contributed by atoms with Crippen LogP contribution in [0.15, 0.2) is 11.2 Å². The van der Waals surface area contributed by atoms with Gasteiger partial charge in [0, 0.05) is 31.6 Å². The van der Waals surface area contributed by atoms with Gasteiger partial charge in [-0.25, -0.2) is 5.43 Å². The molecule has 7 nitrogen and oxygen atoms in total. The van der Waals surface area contributed by atoms with Gasteiger partial charge in [0.05, 0.1) is 11.7 Å². The van der Waals surface area contributed by atoms with E-state index in [-0.39, 0.29) is 11.8 Å². The molecule has 2 amide bonds. The third kappa shape index (κ3) is 3.81. The van der Waals surface area contributed by atoms with Crippen molar-refractivity contribution in [3.05, 3.63) is 17.5 Å². The number of aromatic nitrogens is 2. The van der Waals surface area contributed by atoms with E-state index in [4.69, 9.17) is 5.10 Å². The number of nitrogens with one attached hydrogen (secondary N) is 1. The predicted octanol–water partition coefficient (Wildman–Crippen LogP) is 2.56. The SMILES string of the molecule is CC(C)c1cc(C(C)C)n(C2CCN(C(=O)C3=NNC(=O)CC3)CC2)n1. The molecular formula is C19H29N5O2. The van der Waals surface area contributed by atoms with Crippen LogP contribution >= 0.6 is 0 Å². The minimum absolute atomic E-state index is 0.0455. The number of nitrogens with zero attached hydrogens (tertiary/aromatic N) is 4. The number of likely N-dealkylation sites (tertiary alicyclic amines) is 1. The average Bonchev–Trinajstić information content (AvgIpc) is 3.08. The van der Waals surface area contributed by atoms with Crippen LogP contribution in [0.3, 0.4) is 0 Å². The highest BCUT2D eigenvalue weighted by Gasteiger charge is 2.30. The number of hydrogen-bond donors (Lipinski definition) is 1. The molecule has 26 heavy (non-hydrogen) atoms. The highest BCUT2D eigenvalue weighted by molar-refractivity contribution is 6.39. The molecule has 1 fully saturated rings. The van der Waals surface area contributed by atoms with Crippen molar-refractivity contribution in [3.8, 4) is 0 Å². The standard InChI is InChI=1S/C19H29N5O2/c1-12(2)16-11-17(13(3)4)24(22-16)14-7-9-23(10-8-14)19(26)15-5-6-18(25)21-20-15/h11-14H,5-10H2,1-4H3,(H,21,25). The second kappa shape index (κ2) is 7.60. The zero-order valence-corrected chi connectivity index (χ0v) is 16.2. The highest BCUT2D eigenvalue weighted by Crippen LogP contribution is 2.29. The summed E-state index contributed by atoms with van der Waals surface area (Å²) in [4.78, 5) is 25.6. The van der Waals surface area contributed by atoms with E-state index in [1.807, 2.05) is 4.90 Å². The lowest BCUT2D eigenvalue weighted by Gasteiger charge is -2.33. The maximum Gasteiger partial charge on any atom is 0.270 e. The van der Waals surface area contributed by atoms with Gasteiger partial charge in [-0.1, -0.05) is 27.7 Å². The minimum atomic E-state index is -0.124. The van der Waals surface area contributed by atoms with Crippen molar-refractivity contribution < 1.29 is 9.59 Å². The molecule has 142 valence electrons. The van der Waals surface area contributed by atoms with Crippen LogP contribution in [0.5, 0.6) is 0 Å².